The number of halogens is 1. The summed E-state index contributed by atoms with van der Waals surface area (Å²) in [5.41, 5.74) is 5.43. The highest BCUT2D eigenvalue weighted by atomic mass is 19.1. The largest absolute Gasteiger partial charge is 0.352 e. The normalized spacial score (nSPS) is 9.62. The highest BCUT2D eigenvalue weighted by Gasteiger charge is 1.99. The summed E-state index contributed by atoms with van der Waals surface area (Å²) >= 11 is 0. The van der Waals surface area contributed by atoms with Crippen LogP contribution in [0, 0.1) is 5.82 Å². The molecule has 0 aliphatic rings. The summed E-state index contributed by atoms with van der Waals surface area (Å²) in [5.74, 6) is -0.256. The third-order valence-electron chi connectivity index (χ3n) is 1.65. The first-order valence-corrected chi connectivity index (χ1v) is 3.97. The predicted molar refractivity (Wildman–Crippen MR) is 47.7 cm³/mol. The van der Waals surface area contributed by atoms with E-state index in [2.05, 4.69) is 5.32 Å². The topological polar surface area (TPSA) is 55.1 Å². The van der Waals surface area contributed by atoms with E-state index in [-0.39, 0.29) is 5.82 Å². The summed E-state index contributed by atoms with van der Waals surface area (Å²) in [6, 6.07) is 5.86. The molecule has 4 heteroatoms. The number of hydrogen-bond acceptors (Lipinski definition) is 1. The molecule has 0 radical (unpaired) electrons. The minimum absolute atomic E-state index is 0.256. The van der Waals surface area contributed by atoms with Gasteiger partial charge in [-0.25, -0.2) is 9.18 Å². The van der Waals surface area contributed by atoms with E-state index in [9.17, 15) is 9.18 Å². The lowest BCUT2D eigenvalue weighted by Crippen LogP contribution is -2.31. The van der Waals surface area contributed by atoms with Gasteiger partial charge in [0.1, 0.15) is 5.82 Å². The van der Waals surface area contributed by atoms with Crippen molar-refractivity contribution in [2.75, 3.05) is 6.54 Å². The standard InChI is InChI=1S/C9H11FN2O/c10-8-4-2-1-3-7(8)5-6-12-9(11)13/h1-4H,5-6H2,(H3,11,12,13). The predicted octanol–water partition coefficient (Wildman–Crippen LogP) is 1.04. The summed E-state index contributed by atoms with van der Waals surface area (Å²) < 4.78 is 13.0. The Morgan fingerprint density at radius 1 is 1.46 bits per heavy atom. The molecule has 0 unspecified atom stereocenters. The van der Waals surface area contributed by atoms with Crippen LogP contribution in [0.2, 0.25) is 0 Å². The lowest BCUT2D eigenvalue weighted by molar-refractivity contribution is 0.249. The average Bonchev–Trinajstić information content (AvgIpc) is 2.08. The summed E-state index contributed by atoms with van der Waals surface area (Å²) in [5, 5.41) is 2.39. The van der Waals surface area contributed by atoms with E-state index in [0.717, 1.165) is 0 Å². The van der Waals surface area contributed by atoms with Crippen LogP contribution in [0.25, 0.3) is 0 Å². The average molecular weight is 182 g/mol. The summed E-state index contributed by atoms with van der Waals surface area (Å²) in [7, 11) is 0. The maximum absolute atomic E-state index is 13.0. The van der Waals surface area contributed by atoms with Gasteiger partial charge in [-0.15, -0.1) is 0 Å². The second-order valence-corrected chi connectivity index (χ2v) is 2.63. The molecule has 2 amide bonds. The Kier molecular flexibility index (Phi) is 3.25. The molecule has 70 valence electrons. The molecule has 0 aliphatic carbocycles. The molecule has 0 fully saturated rings. The molecule has 0 heterocycles. The highest BCUT2D eigenvalue weighted by Crippen LogP contribution is 2.05. The molecule has 1 aromatic carbocycles. The zero-order valence-electron chi connectivity index (χ0n) is 7.09. The Bertz CT molecular complexity index is 301. The van der Waals surface area contributed by atoms with Crippen molar-refractivity contribution < 1.29 is 9.18 Å². The van der Waals surface area contributed by atoms with Gasteiger partial charge in [0, 0.05) is 6.54 Å². The van der Waals surface area contributed by atoms with Crippen molar-refractivity contribution in [1.82, 2.24) is 5.32 Å². The number of amides is 2. The van der Waals surface area contributed by atoms with Crippen molar-refractivity contribution in [3.63, 3.8) is 0 Å². The summed E-state index contributed by atoms with van der Waals surface area (Å²) in [6.45, 7) is 0.357. The number of rotatable bonds is 3. The number of primary amides is 1. The fraction of sp³-hybridized carbons (Fsp3) is 0.222. The van der Waals surface area contributed by atoms with Crippen LogP contribution in [-0.4, -0.2) is 12.6 Å². The molecule has 0 bridgehead atoms. The number of nitrogens with two attached hydrogens (primary N) is 1. The quantitative estimate of drug-likeness (QED) is 0.720. The first kappa shape index (κ1) is 9.51. The fourth-order valence-corrected chi connectivity index (χ4v) is 1.02. The van der Waals surface area contributed by atoms with Gasteiger partial charge in [0.25, 0.3) is 0 Å². The number of hydrogen-bond donors (Lipinski definition) is 2. The smallest absolute Gasteiger partial charge is 0.312 e. The van der Waals surface area contributed by atoms with E-state index in [1.54, 1.807) is 18.2 Å². The van der Waals surface area contributed by atoms with Crippen LogP contribution in [0.5, 0.6) is 0 Å². The highest BCUT2D eigenvalue weighted by molar-refractivity contribution is 5.71. The molecule has 0 spiro atoms. The molecule has 0 atom stereocenters. The van der Waals surface area contributed by atoms with E-state index in [4.69, 9.17) is 5.73 Å². The van der Waals surface area contributed by atoms with Crippen LogP contribution in [0.15, 0.2) is 24.3 Å². The Morgan fingerprint density at radius 3 is 2.77 bits per heavy atom. The van der Waals surface area contributed by atoms with Gasteiger partial charge in [-0.1, -0.05) is 18.2 Å². The third-order valence-corrected chi connectivity index (χ3v) is 1.65. The molecule has 13 heavy (non-hydrogen) atoms. The van der Waals surface area contributed by atoms with Crippen LogP contribution in [0.3, 0.4) is 0 Å². The minimum Gasteiger partial charge on any atom is -0.352 e. The van der Waals surface area contributed by atoms with Gasteiger partial charge in [0.05, 0.1) is 0 Å². The third kappa shape index (κ3) is 3.11. The van der Waals surface area contributed by atoms with E-state index >= 15 is 0 Å². The van der Waals surface area contributed by atoms with Gasteiger partial charge < -0.3 is 11.1 Å². The number of carbonyl (C=O) groups excluding carboxylic acids is 1. The van der Waals surface area contributed by atoms with Gasteiger partial charge in [-0.2, -0.15) is 0 Å². The molecule has 1 aromatic rings. The molecule has 1 rings (SSSR count). The van der Waals surface area contributed by atoms with Crippen molar-refractivity contribution in [2.45, 2.75) is 6.42 Å². The van der Waals surface area contributed by atoms with Gasteiger partial charge in [-0.3, -0.25) is 0 Å². The lowest BCUT2D eigenvalue weighted by atomic mass is 10.1. The lowest BCUT2D eigenvalue weighted by Gasteiger charge is -2.02. The van der Waals surface area contributed by atoms with Crippen LogP contribution in [0.1, 0.15) is 5.56 Å². The zero-order chi connectivity index (χ0) is 9.68. The van der Waals surface area contributed by atoms with Crippen LogP contribution in [0.4, 0.5) is 9.18 Å². The Labute approximate surface area is 75.7 Å². The van der Waals surface area contributed by atoms with Gasteiger partial charge in [0.15, 0.2) is 0 Å². The number of urea groups is 1. The molecule has 0 saturated carbocycles. The van der Waals surface area contributed by atoms with Crippen molar-refractivity contribution in [1.29, 1.82) is 0 Å². The maximum Gasteiger partial charge on any atom is 0.312 e. The maximum atomic E-state index is 13.0. The van der Waals surface area contributed by atoms with Crippen LogP contribution < -0.4 is 11.1 Å². The summed E-state index contributed by atoms with van der Waals surface area (Å²) in [6.07, 6.45) is 0.454. The minimum atomic E-state index is -0.587. The Balaban J connectivity index is 2.45. The second kappa shape index (κ2) is 4.45. The molecule has 3 N–H and O–H groups in total. The molecular formula is C9H11FN2O. The molecule has 3 nitrogen and oxygen atoms in total. The molecular weight excluding hydrogens is 171 g/mol. The molecule has 0 saturated heterocycles. The monoisotopic (exact) mass is 182 g/mol. The second-order valence-electron chi connectivity index (χ2n) is 2.63. The number of nitrogens with one attached hydrogen (secondary N) is 1. The van der Waals surface area contributed by atoms with E-state index in [0.29, 0.717) is 18.5 Å². The van der Waals surface area contributed by atoms with Gasteiger partial charge in [-0.05, 0) is 18.1 Å². The zero-order valence-corrected chi connectivity index (χ0v) is 7.09. The van der Waals surface area contributed by atoms with Crippen LogP contribution in [-0.2, 0) is 6.42 Å². The number of benzene rings is 1. The summed E-state index contributed by atoms with van der Waals surface area (Å²) in [4.78, 5) is 10.3. The number of carbonyl (C=O) groups is 1. The van der Waals surface area contributed by atoms with E-state index in [1.807, 2.05) is 0 Å². The van der Waals surface area contributed by atoms with Gasteiger partial charge >= 0.3 is 6.03 Å². The Hall–Kier alpha value is -1.58. The van der Waals surface area contributed by atoms with Crippen molar-refractivity contribution >= 4 is 6.03 Å². The van der Waals surface area contributed by atoms with Crippen molar-refractivity contribution in [3.8, 4) is 0 Å². The van der Waals surface area contributed by atoms with E-state index < -0.39 is 6.03 Å². The van der Waals surface area contributed by atoms with Crippen molar-refractivity contribution in [2.24, 2.45) is 5.73 Å². The first-order chi connectivity index (χ1) is 6.20. The van der Waals surface area contributed by atoms with Crippen LogP contribution >= 0.6 is 0 Å². The van der Waals surface area contributed by atoms with E-state index in [1.165, 1.54) is 6.07 Å². The van der Waals surface area contributed by atoms with Gasteiger partial charge in [0.2, 0.25) is 0 Å². The molecule has 0 aromatic heterocycles. The first-order valence-electron chi connectivity index (χ1n) is 3.97. The fourth-order valence-electron chi connectivity index (χ4n) is 1.02. The Morgan fingerprint density at radius 2 is 2.15 bits per heavy atom. The SMILES string of the molecule is NC(=O)NCCc1ccccc1F. The molecule has 0 aliphatic heterocycles. The van der Waals surface area contributed by atoms with Crippen molar-refractivity contribution in [3.05, 3.63) is 35.6 Å².